The fourth-order valence-electron chi connectivity index (χ4n) is 7.77. The lowest BCUT2D eigenvalue weighted by Gasteiger charge is -2.56. The minimum Gasteiger partial charge on any atom is -0.478 e. The molecule has 5 aliphatic carbocycles. The van der Waals surface area contributed by atoms with Crippen LogP contribution in [0.25, 0.3) is 0 Å². The lowest BCUT2D eigenvalue weighted by molar-refractivity contribution is -0.170. The van der Waals surface area contributed by atoms with Gasteiger partial charge in [-0.3, -0.25) is 4.79 Å². The van der Waals surface area contributed by atoms with Crippen molar-refractivity contribution >= 4 is 17.6 Å². The number of rotatable bonds is 7. The van der Waals surface area contributed by atoms with Crippen LogP contribution in [-0.2, 0) is 11.3 Å². The first kappa shape index (κ1) is 23.6. The summed E-state index contributed by atoms with van der Waals surface area (Å²) >= 11 is 0. The number of amides is 1. The molecular formula is C28H36N4O4. The van der Waals surface area contributed by atoms with Gasteiger partial charge in [-0.25, -0.2) is 9.48 Å². The van der Waals surface area contributed by atoms with E-state index in [1.165, 1.54) is 44.2 Å². The first-order valence-corrected chi connectivity index (χ1v) is 13.7. The van der Waals surface area contributed by atoms with Crippen LogP contribution in [0.1, 0.15) is 110 Å². The second-order valence-corrected chi connectivity index (χ2v) is 11.7. The number of carboxylic acid groups (broad SMARTS) is 1. The molecule has 0 unspecified atom stereocenters. The highest BCUT2D eigenvalue weighted by atomic mass is 16.5. The van der Waals surface area contributed by atoms with Crippen LogP contribution >= 0.6 is 0 Å². The highest BCUT2D eigenvalue weighted by molar-refractivity contribution is 6.04. The predicted octanol–water partition coefficient (Wildman–Crippen LogP) is 5.61. The van der Waals surface area contributed by atoms with Crippen LogP contribution < -0.4 is 5.32 Å². The topological polar surface area (TPSA) is 106 Å². The van der Waals surface area contributed by atoms with E-state index in [1.807, 2.05) is 4.68 Å². The molecule has 5 fully saturated rings. The van der Waals surface area contributed by atoms with Gasteiger partial charge in [-0.05, 0) is 87.3 Å². The summed E-state index contributed by atoms with van der Waals surface area (Å²) in [5.74, 6) is 0.942. The predicted molar refractivity (Wildman–Crippen MR) is 134 cm³/mol. The van der Waals surface area contributed by atoms with Gasteiger partial charge in [-0.2, -0.15) is 0 Å². The minimum atomic E-state index is -1.03. The Morgan fingerprint density at radius 2 is 1.69 bits per heavy atom. The van der Waals surface area contributed by atoms with Gasteiger partial charge in [0, 0.05) is 5.69 Å². The number of hydrogen-bond acceptors (Lipinski definition) is 5. The maximum atomic E-state index is 13.4. The number of aromatic carboxylic acids is 1. The van der Waals surface area contributed by atoms with Gasteiger partial charge in [0.2, 0.25) is 0 Å². The summed E-state index contributed by atoms with van der Waals surface area (Å²) in [5.41, 5.74) is 1.52. The molecule has 0 aliphatic heterocycles. The molecular weight excluding hydrogens is 456 g/mol. The average Bonchev–Trinajstić information content (AvgIpc) is 3.08. The van der Waals surface area contributed by atoms with Crippen molar-refractivity contribution in [1.29, 1.82) is 0 Å². The SMILES string of the molecule is O=C(O)c1cccc(NC(=O)c2nnn(C3CCCCCC3)c2COC23CC4CC(CC(C4)C2)C3)c1. The van der Waals surface area contributed by atoms with Gasteiger partial charge in [0.1, 0.15) is 0 Å². The monoisotopic (exact) mass is 492 g/mol. The summed E-state index contributed by atoms with van der Waals surface area (Å²) in [4.78, 5) is 24.7. The zero-order chi connectivity index (χ0) is 24.7. The largest absolute Gasteiger partial charge is 0.478 e. The molecule has 1 amide bonds. The Kier molecular flexibility index (Phi) is 6.32. The summed E-state index contributed by atoms with van der Waals surface area (Å²) in [6.07, 6.45) is 14.3. The van der Waals surface area contributed by atoms with Crippen LogP contribution in [0, 0.1) is 17.8 Å². The van der Waals surface area contributed by atoms with Crippen LogP contribution in [0.5, 0.6) is 0 Å². The van der Waals surface area contributed by atoms with Crippen molar-refractivity contribution in [2.24, 2.45) is 17.8 Å². The van der Waals surface area contributed by atoms with E-state index in [4.69, 9.17) is 4.74 Å². The van der Waals surface area contributed by atoms with E-state index in [2.05, 4.69) is 15.6 Å². The molecule has 8 nitrogen and oxygen atoms in total. The maximum Gasteiger partial charge on any atom is 0.335 e. The lowest BCUT2D eigenvalue weighted by atomic mass is 9.54. The van der Waals surface area contributed by atoms with Gasteiger partial charge in [-0.15, -0.1) is 5.10 Å². The number of nitrogens with one attached hydrogen (secondary N) is 1. The zero-order valence-corrected chi connectivity index (χ0v) is 20.8. The number of carboxylic acids is 1. The van der Waals surface area contributed by atoms with E-state index in [0.29, 0.717) is 12.3 Å². The quantitative estimate of drug-likeness (QED) is 0.487. The fraction of sp³-hybridized carbons (Fsp3) is 0.643. The molecule has 0 spiro atoms. The highest BCUT2D eigenvalue weighted by Crippen LogP contribution is 2.57. The smallest absolute Gasteiger partial charge is 0.335 e. The van der Waals surface area contributed by atoms with Crippen molar-refractivity contribution in [3.63, 3.8) is 0 Å². The van der Waals surface area contributed by atoms with Crippen LogP contribution in [0.3, 0.4) is 0 Å². The number of carbonyl (C=O) groups excluding carboxylic acids is 1. The molecule has 8 heteroatoms. The lowest BCUT2D eigenvalue weighted by Crippen LogP contribution is -2.52. The van der Waals surface area contributed by atoms with Gasteiger partial charge in [0.25, 0.3) is 5.91 Å². The number of hydrogen-bond donors (Lipinski definition) is 2. The normalized spacial score (nSPS) is 29.7. The summed E-state index contributed by atoms with van der Waals surface area (Å²) < 4.78 is 8.75. The number of aromatic nitrogens is 3. The number of nitrogens with zero attached hydrogens (tertiary/aromatic N) is 3. The molecule has 192 valence electrons. The molecule has 2 N–H and O–H groups in total. The molecule has 5 saturated carbocycles. The van der Waals surface area contributed by atoms with E-state index < -0.39 is 5.97 Å². The third kappa shape index (κ3) is 4.67. The first-order valence-electron chi connectivity index (χ1n) is 13.7. The standard InChI is InChI=1S/C28H36N4O4/c33-26(29-22-7-5-6-21(13-22)27(34)35)25-24(32(31-30-25)23-8-3-1-2-4-9-23)17-36-28-14-18-10-19(15-28)12-20(11-18)16-28/h5-7,13,18-20,23H,1-4,8-12,14-17H2,(H,29,33)(H,34,35). The zero-order valence-electron chi connectivity index (χ0n) is 20.8. The van der Waals surface area contributed by atoms with Crippen LogP contribution in [-0.4, -0.2) is 37.6 Å². The molecule has 2 aromatic rings. The van der Waals surface area contributed by atoms with Crippen molar-refractivity contribution in [3.8, 4) is 0 Å². The maximum absolute atomic E-state index is 13.4. The minimum absolute atomic E-state index is 0.0726. The van der Waals surface area contributed by atoms with Crippen molar-refractivity contribution in [2.45, 2.75) is 95.3 Å². The summed E-state index contributed by atoms with van der Waals surface area (Å²) in [5, 5.41) is 21.0. The highest BCUT2D eigenvalue weighted by Gasteiger charge is 2.51. The van der Waals surface area contributed by atoms with Crippen LogP contribution in [0.4, 0.5) is 5.69 Å². The molecule has 1 aromatic carbocycles. The summed E-state index contributed by atoms with van der Waals surface area (Å²) in [6, 6.07) is 6.50. The summed E-state index contributed by atoms with van der Waals surface area (Å²) in [7, 11) is 0. The number of carbonyl (C=O) groups is 2. The second kappa shape index (κ2) is 9.61. The van der Waals surface area contributed by atoms with E-state index in [0.717, 1.165) is 68.4 Å². The van der Waals surface area contributed by atoms with Crippen molar-refractivity contribution in [3.05, 3.63) is 41.2 Å². The Labute approximate surface area is 211 Å². The van der Waals surface area contributed by atoms with Crippen molar-refractivity contribution in [2.75, 3.05) is 5.32 Å². The van der Waals surface area contributed by atoms with E-state index in [1.54, 1.807) is 12.1 Å². The van der Waals surface area contributed by atoms with E-state index in [-0.39, 0.29) is 28.8 Å². The van der Waals surface area contributed by atoms with Gasteiger partial charge in [0.15, 0.2) is 5.69 Å². The third-order valence-corrected chi connectivity index (χ3v) is 9.04. The Morgan fingerprint density at radius 3 is 2.33 bits per heavy atom. The Morgan fingerprint density at radius 1 is 1.03 bits per heavy atom. The van der Waals surface area contributed by atoms with Gasteiger partial charge >= 0.3 is 5.97 Å². The molecule has 0 atom stereocenters. The fourth-order valence-corrected chi connectivity index (χ4v) is 7.77. The first-order chi connectivity index (χ1) is 17.5. The Balaban J connectivity index is 1.26. The third-order valence-electron chi connectivity index (χ3n) is 9.04. The van der Waals surface area contributed by atoms with Gasteiger partial charge in [0.05, 0.1) is 29.5 Å². The van der Waals surface area contributed by atoms with Crippen molar-refractivity contribution < 1.29 is 19.4 Å². The van der Waals surface area contributed by atoms with Crippen molar-refractivity contribution in [1.82, 2.24) is 15.0 Å². The van der Waals surface area contributed by atoms with Crippen LogP contribution in [0.15, 0.2) is 24.3 Å². The summed E-state index contributed by atoms with van der Waals surface area (Å²) in [6.45, 7) is 0.341. The molecule has 0 saturated heterocycles. The molecule has 4 bridgehead atoms. The Hall–Kier alpha value is -2.74. The number of benzene rings is 1. The molecule has 1 aromatic heterocycles. The second-order valence-electron chi connectivity index (χ2n) is 11.7. The van der Waals surface area contributed by atoms with E-state index >= 15 is 0 Å². The Bertz CT molecular complexity index is 1100. The molecule has 36 heavy (non-hydrogen) atoms. The number of anilines is 1. The van der Waals surface area contributed by atoms with E-state index in [9.17, 15) is 14.7 Å². The molecule has 5 aliphatic rings. The molecule has 0 radical (unpaired) electrons. The van der Waals surface area contributed by atoms with Crippen LogP contribution in [0.2, 0.25) is 0 Å². The van der Waals surface area contributed by atoms with Gasteiger partial charge < -0.3 is 15.2 Å². The molecule has 1 heterocycles. The van der Waals surface area contributed by atoms with Gasteiger partial charge in [-0.1, -0.05) is 37.0 Å². The number of ether oxygens (including phenoxy) is 1. The average molecular weight is 493 g/mol. The molecule has 7 rings (SSSR count).